The number of benzene rings is 1. The zero-order valence-corrected chi connectivity index (χ0v) is 16.2. The van der Waals surface area contributed by atoms with Gasteiger partial charge in [0.1, 0.15) is 11.6 Å². The van der Waals surface area contributed by atoms with Crippen LogP contribution < -0.4 is 0 Å². The molecule has 2 heterocycles. The molecule has 6 nitrogen and oxygen atoms in total. The highest BCUT2D eigenvalue weighted by atomic mass is 79.9. The molecule has 2 aromatic rings. The first-order valence-corrected chi connectivity index (χ1v) is 9.18. The van der Waals surface area contributed by atoms with Crippen molar-refractivity contribution in [2.45, 2.75) is 51.7 Å². The minimum atomic E-state index is -0.522. The number of halogens is 1. The molecule has 25 heavy (non-hydrogen) atoms. The fourth-order valence-corrected chi connectivity index (χ4v) is 3.09. The van der Waals surface area contributed by atoms with E-state index < -0.39 is 5.60 Å². The van der Waals surface area contributed by atoms with Gasteiger partial charge in [0.15, 0.2) is 5.82 Å². The Morgan fingerprint density at radius 3 is 2.76 bits per heavy atom. The predicted octanol–water partition coefficient (Wildman–Crippen LogP) is 4.49. The Morgan fingerprint density at radius 2 is 2.08 bits per heavy atom. The molecule has 0 aliphatic carbocycles. The molecular formula is C18H22BrN3O3. The Bertz CT molecular complexity index is 737. The molecular weight excluding hydrogens is 386 g/mol. The number of hydrogen-bond donors (Lipinski definition) is 0. The molecule has 1 aromatic carbocycles. The van der Waals surface area contributed by atoms with Crippen molar-refractivity contribution in [1.82, 2.24) is 15.0 Å². The number of nitrogens with zero attached hydrogens (tertiary/aromatic N) is 3. The van der Waals surface area contributed by atoms with E-state index in [1.165, 1.54) is 0 Å². The Morgan fingerprint density at radius 1 is 1.36 bits per heavy atom. The van der Waals surface area contributed by atoms with Gasteiger partial charge in [0.2, 0.25) is 5.89 Å². The van der Waals surface area contributed by atoms with Crippen LogP contribution in [0.3, 0.4) is 0 Å². The van der Waals surface area contributed by atoms with Crippen LogP contribution in [0.2, 0.25) is 0 Å². The first-order valence-electron chi connectivity index (χ1n) is 8.38. The molecule has 0 bridgehead atoms. The van der Waals surface area contributed by atoms with Gasteiger partial charge in [0, 0.05) is 17.4 Å². The van der Waals surface area contributed by atoms with Crippen LogP contribution in [0, 0.1) is 0 Å². The molecule has 0 N–H and O–H groups in total. The fourth-order valence-electron chi connectivity index (χ4n) is 2.82. The summed E-state index contributed by atoms with van der Waals surface area (Å²) in [5, 5.41) is 4.07. The molecule has 1 fully saturated rings. The lowest BCUT2D eigenvalue weighted by molar-refractivity contribution is 0.0199. The van der Waals surface area contributed by atoms with Gasteiger partial charge >= 0.3 is 6.09 Å². The molecule has 0 radical (unpaired) electrons. The zero-order valence-electron chi connectivity index (χ0n) is 14.7. The molecule has 1 atom stereocenters. The van der Waals surface area contributed by atoms with E-state index in [0.717, 1.165) is 22.9 Å². The number of carbonyl (C=O) groups is 1. The van der Waals surface area contributed by atoms with Crippen molar-refractivity contribution < 1.29 is 14.1 Å². The van der Waals surface area contributed by atoms with Crippen molar-refractivity contribution in [2.24, 2.45) is 0 Å². The van der Waals surface area contributed by atoms with Gasteiger partial charge in [-0.1, -0.05) is 33.2 Å². The highest BCUT2D eigenvalue weighted by Gasteiger charge is 2.36. The van der Waals surface area contributed by atoms with Crippen molar-refractivity contribution >= 4 is 22.0 Å². The largest absolute Gasteiger partial charge is 0.444 e. The number of hydrogen-bond acceptors (Lipinski definition) is 5. The lowest BCUT2D eigenvalue weighted by Gasteiger charge is -2.26. The van der Waals surface area contributed by atoms with Crippen LogP contribution in [0.25, 0.3) is 0 Å². The molecule has 1 aliphatic heterocycles. The topological polar surface area (TPSA) is 68.5 Å². The maximum absolute atomic E-state index is 12.4. The summed E-state index contributed by atoms with van der Waals surface area (Å²) in [7, 11) is 0. The summed E-state index contributed by atoms with van der Waals surface area (Å²) in [6.07, 6.45) is 1.96. The van der Waals surface area contributed by atoms with Crippen LogP contribution in [0.5, 0.6) is 0 Å². The smallest absolute Gasteiger partial charge is 0.410 e. The number of ether oxygens (including phenoxy) is 1. The maximum atomic E-state index is 12.4. The first-order chi connectivity index (χ1) is 11.8. The predicted molar refractivity (Wildman–Crippen MR) is 96.2 cm³/mol. The summed E-state index contributed by atoms with van der Waals surface area (Å²) < 4.78 is 11.9. The number of rotatable bonds is 3. The molecule has 3 rings (SSSR count). The number of aromatic nitrogens is 2. The van der Waals surface area contributed by atoms with E-state index in [4.69, 9.17) is 9.26 Å². The minimum absolute atomic E-state index is 0.207. The Labute approximate surface area is 155 Å². The number of likely N-dealkylation sites (tertiary alicyclic amines) is 1. The summed E-state index contributed by atoms with van der Waals surface area (Å²) in [6, 6.07) is 7.79. The Kier molecular flexibility index (Phi) is 5.13. The van der Waals surface area contributed by atoms with Gasteiger partial charge in [-0.25, -0.2) is 4.79 Å². The van der Waals surface area contributed by atoms with Gasteiger partial charge in [-0.05, 0) is 51.3 Å². The van der Waals surface area contributed by atoms with Crippen LogP contribution in [0.4, 0.5) is 4.79 Å². The van der Waals surface area contributed by atoms with Crippen molar-refractivity contribution in [2.75, 3.05) is 6.54 Å². The van der Waals surface area contributed by atoms with E-state index in [0.29, 0.717) is 24.7 Å². The highest BCUT2D eigenvalue weighted by Crippen LogP contribution is 2.32. The van der Waals surface area contributed by atoms with Crippen LogP contribution in [0.1, 0.15) is 56.9 Å². The van der Waals surface area contributed by atoms with Crippen LogP contribution in [-0.4, -0.2) is 33.3 Å². The standard InChI is InChI=1S/C18H22BrN3O3/c1-18(2,3)24-17(23)22-10-4-5-14(22)16-20-15(21-25-16)11-12-6-8-13(19)9-7-12/h6-9,14H,4-5,10-11H2,1-3H3. The molecule has 1 aromatic heterocycles. The Balaban J connectivity index is 1.70. The van der Waals surface area contributed by atoms with Crippen LogP contribution in [0.15, 0.2) is 33.3 Å². The van der Waals surface area contributed by atoms with Crippen molar-refractivity contribution in [3.8, 4) is 0 Å². The fraction of sp³-hybridized carbons (Fsp3) is 0.500. The quantitative estimate of drug-likeness (QED) is 0.748. The summed E-state index contributed by atoms with van der Waals surface area (Å²) in [4.78, 5) is 18.6. The highest BCUT2D eigenvalue weighted by molar-refractivity contribution is 9.10. The van der Waals surface area contributed by atoms with E-state index in [1.807, 2.05) is 45.0 Å². The van der Waals surface area contributed by atoms with Gasteiger partial charge < -0.3 is 9.26 Å². The van der Waals surface area contributed by atoms with E-state index >= 15 is 0 Å². The maximum Gasteiger partial charge on any atom is 0.410 e. The molecule has 1 saturated heterocycles. The lowest BCUT2D eigenvalue weighted by Crippen LogP contribution is -2.36. The third kappa shape index (κ3) is 4.60. The summed E-state index contributed by atoms with van der Waals surface area (Å²) >= 11 is 3.42. The van der Waals surface area contributed by atoms with E-state index in [9.17, 15) is 4.79 Å². The molecule has 1 amide bonds. The number of amides is 1. The van der Waals surface area contributed by atoms with Gasteiger partial charge in [0.05, 0.1) is 0 Å². The molecule has 7 heteroatoms. The average Bonchev–Trinajstić information content (AvgIpc) is 3.16. The van der Waals surface area contributed by atoms with Crippen molar-refractivity contribution in [1.29, 1.82) is 0 Å². The van der Waals surface area contributed by atoms with Crippen molar-refractivity contribution in [3.63, 3.8) is 0 Å². The second-order valence-electron chi connectivity index (χ2n) is 7.18. The third-order valence-electron chi connectivity index (χ3n) is 3.93. The molecule has 0 saturated carbocycles. The van der Waals surface area contributed by atoms with Gasteiger partial charge in [-0.2, -0.15) is 4.98 Å². The minimum Gasteiger partial charge on any atom is -0.444 e. The first kappa shape index (κ1) is 17.9. The monoisotopic (exact) mass is 407 g/mol. The van der Waals surface area contributed by atoms with Crippen LogP contribution >= 0.6 is 15.9 Å². The number of carbonyl (C=O) groups excluding carboxylic acids is 1. The SMILES string of the molecule is CC(C)(C)OC(=O)N1CCCC1c1nc(Cc2ccc(Br)cc2)no1. The average molecular weight is 408 g/mol. The van der Waals surface area contributed by atoms with Gasteiger partial charge in [0.25, 0.3) is 0 Å². The van der Waals surface area contributed by atoms with E-state index in [-0.39, 0.29) is 12.1 Å². The summed E-state index contributed by atoms with van der Waals surface area (Å²) in [6.45, 7) is 6.22. The van der Waals surface area contributed by atoms with E-state index in [1.54, 1.807) is 4.90 Å². The third-order valence-corrected chi connectivity index (χ3v) is 4.45. The Hall–Kier alpha value is -1.89. The second kappa shape index (κ2) is 7.15. The molecule has 1 aliphatic rings. The van der Waals surface area contributed by atoms with Crippen LogP contribution in [-0.2, 0) is 11.2 Å². The van der Waals surface area contributed by atoms with E-state index in [2.05, 4.69) is 26.1 Å². The van der Waals surface area contributed by atoms with Crippen molar-refractivity contribution in [3.05, 3.63) is 46.0 Å². The lowest BCUT2D eigenvalue weighted by atomic mass is 10.1. The summed E-state index contributed by atoms with van der Waals surface area (Å²) in [5.41, 5.74) is 0.581. The zero-order chi connectivity index (χ0) is 18.0. The molecule has 134 valence electrons. The summed E-state index contributed by atoms with van der Waals surface area (Å²) in [5.74, 6) is 1.10. The molecule has 0 spiro atoms. The second-order valence-corrected chi connectivity index (χ2v) is 8.10. The normalized spacial score (nSPS) is 17.8. The molecule has 1 unspecified atom stereocenters. The van der Waals surface area contributed by atoms with Gasteiger partial charge in [-0.15, -0.1) is 0 Å². The van der Waals surface area contributed by atoms with Gasteiger partial charge in [-0.3, -0.25) is 4.90 Å².